The van der Waals surface area contributed by atoms with Gasteiger partial charge < -0.3 is 14.6 Å². The Morgan fingerprint density at radius 3 is 2.10 bits per heavy atom. The van der Waals surface area contributed by atoms with Gasteiger partial charge in [0.1, 0.15) is 0 Å². The highest BCUT2D eigenvalue weighted by molar-refractivity contribution is 6.03. The van der Waals surface area contributed by atoms with Gasteiger partial charge in [0.15, 0.2) is 5.76 Å². The molecular weight excluding hydrogens is 372 g/mol. The minimum atomic E-state index is -0.481. The van der Waals surface area contributed by atoms with Crippen LogP contribution < -0.4 is 21.1 Å². The zero-order valence-corrected chi connectivity index (χ0v) is 15.9. The molecule has 0 saturated heterocycles. The van der Waals surface area contributed by atoms with Crippen LogP contribution in [0.25, 0.3) is 0 Å². The molecule has 3 amide bonds. The summed E-state index contributed by atoms with van der Waals surface area (Å²) < 4.78 is 5.02. The summed E-state index contributed by atoms with van der Waals surface area (Å²) in [5.74, 6) is -1.11. The van der Waals surface area contributed by atoms with E-state index >= 15 is 0 Å². The summed E-state index contributed by atoms with van der Waals surface area (Å²) >= 11 is 0. The van der Waals surface area contributed by atoms with Gasteiger partial charge in [-0.1, -0.05) is 6.07 Å². The van der Waals surface area contributed by atoms with Gasteiger partial charge in [0.2, 0.25) is 0 Å². The number of nitrogens with one attached hydrogen (secondary N) is 3. The summed E-state index contributed by atoms with van der Waals surface area (Å²) in [4.78, 5) is 38.3. The van der Waals surface area contributed by atoms with Crippen LogP contribution in [0.2, 0.25) is 0 Å². The first-order valence-electron chi connectivity index (χ1n) is 8.77. The number of carbonyl (C=O) groups excluding carboxylic acids is 3. The van der Waals surface area contributed by atoms with E-state index in [1.807, 2.05) is 25.1 Å². The van der Waals surface area contributed by atoms with Crippen molar-refractivity contribution < 1.29 is 18.8 Å². The molecule has 29 heavy (non-hydrogen) atoms. The first-order chi connectivity index (χ1) is 13.9. The molecule has 0 bridgehead atoms. The third kappa shape index (κ3) is 5.01. The average Bonchev–Trinajstić information content (AvgIpc) is 3.27. The van der Waals surface area contributed by atoms with Crippen molar-refractivity contribution in [2.24, 2.45) is 0 Å². The van der Waals surface area contributed by atoms with Crippen molar-refractivity contribution in [3.63, 3.8) is 0 Å². The van der Waals surface area contributed by atoms with Crippen LogP contribution in [-0.4, -0.2) is 31.8 Å². The molecule has 8 nitrogen and oxygen atoms in total. The van der Waals surface area contributed by atoms with Gasteiger partial charge in [0.25, 0.3) is 17.7 Å². The molecule has 0 atom stereocenters. The Morgan fingerprint density at radius 2 is 1.48 bits per heavy atom. The third-order valence-corrected chi connectivity index (χ3v) is 4.06. The lowest BCUT2D eigenvalue weighted by Crippen LogP contribution is -2.41. The highest BCUT2D eigenvalue weighted by Crippen LogP contribution is 2.14. The van der Waals surface area contributed by atoms with E-state index in [4.69, 9.17) is 4.42 Å². The van der Waals surface area contributed by atoms with Gasteiger partial charge in [0.05, 0.1) is 6.26 Å². The van der Waals surface area contributed by atoms with E-state index in [0.717, 1.165) is 5.69 Å². The Balaban J connectivity index is 1.56. The summed E-state index contributed by atoms with van der Waals surface area (Å²) in [5, 5.41) is 2.66. The molecule has 0 saturated carbocycles. The van der Waals surface area contributed by atoms with Crippen molar-refractivity contribution in [1.29, 1.82) is 0 Å². The van der Waals surface area contributed by atoms with E-state index in [1.165, 1.54) is 18.4 Å². The number of nitrogens with zero attached hydrogens (tertiary/aromatic N) is 1. The summed E-state index contributed by atoms with van der Waals surface area (Å²) in [6.07, 6.45) is 1.41. The fourth-order valence-corrected chi connectivity index (χ4v) is 2.49. The Labute approximate surface area is 167 Å². The number of hydrogen-bond donors (Lipinski definition) is 3. The van der Waals surface area contributed by atoms with Crippen molar-refractivity contribution >= 4 is 29.1 Å². The highest BCUT2D eigenvalue weighted by Gasteiger charge is 2.12. The van der Waals surface area contributed by atoms with Gasteiger partial charge in [-0.15, -0.1) is 0 Å². The maximum Gasteiger partial charge on any atom is 0.291 e. The molecular formula is C21H20N4O4. The van der Waals surface area contributed by atoms with E-state index < -0.39 is 11.8 Å². The lowest BCUT2D eigenvalue weighted by molar-refractivity contribution is 0.0846. The van der Waals surface area contributed by atoms with Crippen molar-refractivity contribution in [2.75, 3.05) is 24.3 Å². The Bertz CT molecular complexity index is 1010. The second-order valence-corrected chi connectivity index (χ2v) is 6.36. The highest BCUT2D eigenvalue weighted by atomic mass is 16.3. The molecule has 2 aromatic carbocycles. The molecule has 0 spiro atoms. The van der Waals surface area contributed by atoms with Gasteiger partial charge in [-0.25, -0.2) is 0 Å². The SMILES string of the molecule is CN(C)c1cccc(C(=O)NNC(=O)c2ccc(NC(=O)c3ccco3)cc2)c1. The molecule has 0 aliphatic heterocycles. The number of hydrogen-bond acceptors (Lipinski definition) is 5. The molecule has 8 heteroatoms. The monoisotopic (exact) mass is 392 g/mol. The lowest BCUT2D eigenvalue weighted by atomic mass is 10.2. The van der Waals surface area contributed by atoms with Crippen molar-refractivity contribution in [2.45, 2.75) is 0 Å². The summed E-state index contributed by atoms with van der Waals surface area (Å²) in [7, 11) is 3.75. The second kappa shape index (κ2) is 8.75. The van der Waals surface area contributed by atoms with Crippen LogP contribution in [0.4, 0.5) is 11.4 Å². The normalized spacial score (nSPS) is 10.1. The van der Waals surface area contributed by atoms with E-state index in [1.54, 1.807) is 42.5 Å². The number of anilines is 2. The number of amides is 3. The fraction of sp³-hybridized carbons (Fsp3) is 0.0952. The molecule has 3 N–H and O–H groups in total. The maximum atomic E-state index is 12.2. The smallest absolute Gasteiger partial charge is 0.291 e. The molecule has 1 heterocycles. The quantitative estimate of drug-likeness (QED) is 0.579. The molecule has 0 unspecified atom stereocenters. The van der Waals surface area contributed by atoms with Gasteiger partial charge in [-0.2, -0.15) is 0 Å². The van der Waals surface area contributed by atoms with Gasteiger partial charge >= 0.3 is 0 Å². The minimum Gasteiger partial charge on any atom is -0.459 e. The number of furan rings is 1. The third-order valence-electron chi connectivity index (χ3n) is 4.06. The maximum absolute atomic E-state index is 12.2. The standard InChI is InChI=1S/C21H20N4O4/c1-25(2)17-6-3-5-15(13-17)20(27)24-23-19(26)14-8-10-16(11-9-14)22-21(28)18-7-4-12-29-18/h3-13H,1-2H3,(H,22,28)(H,23,26)(H,24,27). The zero-order chi connectivity index (χ0) is 20.8. The zero-order valence-electron chi connectivity index (χ0n) is 15.9. The second-order valence-electron chi connectivity index (χ2n) is 6.36. The van der Waals surface area contributed by atoms with Crippen LogP contribution in [-0.2, 0) is 0 Å². The largest absolute Gasteiger partial charge is 0.459 e. The molecule has 148 valence electrons. The first kappa shape index (κ1) is 19.7. The number of rotatable bonds is 5. The molecule has 0 radical (unpaired) electrons. The average molecular weight is 392 g/mol. The molecule has 0 fully saturated rings. The van der Waals surface area contributed by atoms with Crippen molar-refractivity contribution in [3.05, 3.63) is 83.8 Å². The van der Waals surface area contributed by atoms with Gasteiger partial charge in [-0.05, 0) is 54.6 Å². The fourth-order valence-electron chi connectivity index (χ4n) is 2.49. The predicted octanol–water partition coefficient (Wildman–Crippen LogP) is 2.67. The van der Waals surface area contributed by atoms with Gasteiger partial charge in [-0.3, -0.25) is 25.2 Å². The number of hydrazine groups is 1. The van der Waals surface area contributed by atoms with Gasteiger partial charge in [0, 0.05) is 36.6 Å². The van der Waals surface area contributed by atoms with Crippen LogP contribution in [0.3, 0.4) is 0 Å². The molecule has 1 aromatic heterocycles. The topological polar surface area (TPSA) is 104 Å². The van der Waals surface area contributed by atoms with Crippen LogP contribution in [0, 0.1) is 0 Å². The first-order valence-corrected chi connectivity index (χ1v) is 8.77. The molecule has 3 aromatic rings. The Morgan fingerprint density at radius 1 is 0.793 bits per heavy atom. The van der Waals surface area contributed by atoms with Crippen LogP contribution >= 0.6 is 0 Å². The van der Waals surface area contributed by atoms with Crippen LogP contribution in [0.15, 0.2) is 71.3 Å². The molecule has 0 aliphatic carbocycles. The van der Waals surface area contributed by atoms with Crippen LogP contribution in [0.5, 0.6) is 0 Å². The molecule has 0 aliphatic rings. The summed E-state index contributed by atoms with van der Waals surface area (Å²) in [6, 6.07) is 16.4. The molecule has 3 rings (SSSR count). The van der Waals surface area contributed by atoms with Crippen molar-refractivity contribution in [3.8, 4) is 0 Å². The Kier molecular flexibility index (Phi) is 5.94. The van der Waals surface area contributed by atoms with Crippen molar-refractivity contribution in [1.82, 2.24) is 10.9 Å². The van der Waals surface area contributed by atoms with E-state index in [2.05, 4.69) is 16.2 Å². The number of carbonyl (C=O) groups is 3. The van der Waals surface area contributed by atoms with E-state index in [-0.39, 0.29) is 11.7 Å². The summed E-state index contributed by atoms with van der Waals surface area (Å²) in [6.45, 7) is 0. The number of benzene rings is 2. The Hall–Kier alpha value is -4.07. The predicted molar refractivity (Wildman–Crippen MR) is 109 cm³/mol. The minimum absolute atomic E-state index is 0.188. The van der Waals surface area contributed by atoms with E-state index in [0.29, 0.717) is 16.8 Å². The van der Waals surface area contributed by atoms with Crippen LogP contribution in [0.1, 0.15) is 31.3 Å². The lowest BCUT2D eigenvalue weighted by Gasteiger charge is -2.13. The van der Waals surface area contributed by atoms with E-state index in [9.17, 15) is 14.4 Å². The summed E-state index contributed by atoms with van der Waals surface area (Å²) in [5.41, 5.74) is 6.89.